The fourth-order valence-corrected chi connectivity index (χ4v) is 0.418. The van der Waals surface area contributed by atoms with E-state index in [4.69, 9.17) is 11.5 Å². The highest BCUT2D eigenvalue weighted by Crippen LogP contribution is 1.60. The molecule has 0 aliphatic carbocycles. The second-order valence-corrected chi connectivity index (χ2v) is 1.61. The van der Waals surface area contributed by atoms with Gasteiger partial charge in [-0.25, -0.2) is 4.79 Å². The molecule has 0 bridgehead atoms. The predicted octanol–water partition coefficient (Wildman–Crippen LogP) is -0.523. The molecule has 1 amide bonds. The summed E-state index contributed by atoms with van der Waals surface area (Å²) >= 11 is 0. The van der Waals surface area contributed by atoms with E-state index >= 15 is 0 Å². The van der Waals surface area contributed by atoms with Crippen molar-refractivity contribution in [1.29, 1.82) is 0 Å². The van der Waals surface area contributed by atoms with Gasteiger partial charge in [0.15, 0.2) is 0 Å². The van der Waals surface area contributed by atoms with E-state index in [2.05, 4.69) is 16.6 Å². The van der Waals surface area contributed by atoms with Gasteiger partial charge in [0.1, 0.15) is 0 Å². The number of terminal acetylenes is 1. The molecule has 0 aliphatic heterocycles. The summed E-state index contributed by atoms with van der Waals surface area (Å²) in [6.07, 6.45) is 3.91. The monoisotopic (exact) mass is 142 g/mol. The quantitative estimate of drug-likeness (QED) is 0.365. The Bertz CT molecular complexity index is 139. The molecule has 0 aromatic rings. The molecule has 0 fully saturated rings. The maximum absolute atomic E-state index is 9.85. The highest BCUT2D eigenvalue weighted by atomic mass is 16.4. The van der Waals surface area contributed by atoms with Crippen molar-refractivity contribution in [3.05, 3.63) is 0 Å². The molecular weight excluding hydrogens is 132 g/mol. The SMILES string of the molecule is C#CCNCCNC(=O)O. The first-order valence-corrected chi connectivity index (χ1v) is 2.88. The second kappa shape index (κ2) is 5.92. The Labute approximate surface area is 59.6 Å². The van der Waals surface area contributed by atoms with Gasteiger partial charge in [-0.1, -0.05) is 5.92 Å². The van der Waals surface area contributed by atoms with E-state index in [1.807, 2.05) is 0 Å². The van der Waals surface area contributed by atoms with Crippen molar-refractivity contribution in [2.75, 3.05) is 19.6 Å². The maximum atomic E-state index is 9.85. The Morgan fingerprint density at radius 3 is 2.80 bits per heavy atom. The summed E-state index contributed by atoms with van der Waals surface area (Å²) in [5.74, 6) is 2.37. The van der Waals surface area contributed by atoms with Crippen LogP contribution in [0.25, 0.3) is 0 Å². The van der Waals surface area contributed by atoms with Crippen LogP contribution in [0.4, 0.5) is 4.79 Å². The fraction of sp³-hybridized carbons (Fsp3) is 0.500. The second-order valence-electron chi connectivity index (χ2n) is 1.61. The van der Waals surface area contributed by atoms with Crippen molar-refractivity contribution in [1.82, 2.24) is 10.6 Å². The molecule has 0 unspecified atom stereocenters. The molecule has 0 saturated carbocycles. The molecule has 4 heteroatoms. The van der Waals surface area contributed by atoms with E-state index in [0.29, 0.717) is 19.6 Å². The summed E-state index contributed by atoms with van der Waals surface area (Å²) in [5.41, 5.74) is 0. The smallest absolute Gasteiger partial charge is 0.404 e. The molecule has 3 N–H and O–H groups in total. The Balaban J connectivity index is 2.92. The number of hydrogen-bond acceptors (Lipinski definition) is 2. The first kappa shape index (κ1) is 8.79. The number of nitrogens with one attached hydrogen (secondary N) is 2. The summed E-state index contributed by atoms with van der Waals surface area (Å²) in [4.78, 5) is 9.85. The van der Waals surface area contributed by atoms with Crippen LogP contribution in [0.15, 0.2) is 0 Å². The van der Waals surface area contributed by atoms with Crippen LogP contribution < -0.4 is 10.6 Å². The lowest BCUT2D eigenvalue weighted by Crippen LogP contribution is -2.30. The van der Waals surface area contributed by atoms with Crippen molar-refractivity contribution in [2.24, 2.45) is 0 Å². The average molecular weight is 142 g/mol. The molecule has 0 spiro atoms. The molecule has 0 atom stereocenters. The molecule has 0 rings (SSSR count). The number of rotatable bonds is 4. The minimum Gasteiger partial charge on any atom is -0.465 e. The van der Waals surface area contributed by atoms with E-state index in [9.17, 15) is 4.79 Å². The highest BCUT2D eigenvalue weighted by molar-refractivity contribution is 5.64. The van der Waals surface area contributed by atoms with Gasteiger partial charge in [-0.15, -0.1) is 6.42 Å². The van der Waals surface area contributed by atoms with Gasteiger partial charge in [0.2, 0.25) is 0 Å². The molecule has 0 aromatic heterocycles. The highest BCUT2D eigenvalue weighted by Gasteiger charge is 1.89. The van der Waals surface area contributed by atoms with Crippen molar-refractivity contribution in [3.63, 3.8) is 0 Å². The van der Waals surface area contributed by atoms with E-state index in [1.165, 1.54) is 0 Å². The number of hydrogen-bond donors (Lipinski definition) is 3. The summed E-state index contributed by atoms with van der Waals surface area (Å²) < 4.78 is 0. The molecule has 4 nitrogen and oxygen atoms in total. The van der Waals surface area contributed by atoms with Crippen LogP contribution in [0.5, 0.6) is 0 Å². The average Bonchev–Trinajstić information content (AvgIpc) is 1.87. The van der Waals surface area contributed by atoms with Gasteiger partial charge in [-0.2, -0.15) is 0 Å². The van der Waals surface area contributed by atoms with Crippen molar-refractivity contribution >= 4 is 6.09 Å². The number of carboxylic acid groups (broad SMARTS) is 1. The lowest BCUT2D eigenvalue weighted by atomic mass is 10.6. The lowest BCUT2D eigenvalue weighted by molar-refractivity contribution is 0.194. The molecular formula is C6H10N2O2. The Morgan fingerprint density at radius 1 is 1.60 bits per heavy atom. The first-order chi connectivity index (χ1) is 4.77. The molecule has 10 heavy (non-hydrogen) atoms. The number of carbonyl (C=O) groups is 1. The largest absolute Gasteiger partial charge is 0.465 e. The van der Waals surface area contributed by atoms with Crippen molar-refractivity contribution in [3.8, 4) is 12.3 Å². The van der Waals surface area contributed by atoms with E-state index < -0.39 is 6.09 Å². The summed E-state index contributed by atoms with van der Waals surface area (Å²) in [5, 5.41) is 13.1. The van der Waals surface area contributed by atoms with Crippen LogP contribution >= 0.6 is 0 Å². The van der Waals surface area contributed by atoms with E-state index in [1.54, 1.807) is 0 Å². The Hall–Kier alpha value is -1.21. The maximum Gasteiger partial charge on any atom is 0.404 e. The third-order valence-electron chi connectivity index (χ3n) is 0.805. The van der Waals surface area contributed by atoms with Crippen LogP contribution in [-0.4, -0.2) is 30.8 Å². The zero-order chi connectivity index (χ0) is 7.82. The Morgan fingerprint density at radius 2 is 2.30 bits per heavy atom. The molecule has 0 radical (unpaired) electrons. The molecule has 0 aliphatic rings. The molecule has 56 valence electrons. The zero-order valence-electron chi connectivity index (χ0n) is 5.55. The van der Waals surface area contributed by atoms with E-state index in [0.717, 1.165) is 0 Å². The van der Waals surface area contributed by atoms with Gasteiger partial charge in [-0.05, 0) is 0 Å². The van der Waals surface area contributed by atoms with Crippen LogP contribution in [0, 0.1) is 12.3 Å². The van der Waals surface area contributed by atoms with Gasteiger partial charge in [-0.3, -0.25) is 0 Å². The Kier molecular flexibility index (Phi) is 5.20. The van der Waals surface area contributed by atoms with Crippen LogP contribution in [0.2, 0.25) is 0 Å². The summed E-state index contributed by atoms with van der Waals surface area (Å²) in [7, 11) is 0. The first-order valence-electron chi connectivity index (χ1n) is 2.88. The number of amides is 1. The van der Waals surface area contributed by atoms with Gasteiger partial charge in [0.25, 0.3) is 0 Å². The lowest BCUT2D eigenvalue weighted by Gasteiger charge is -1.99. The van der Waals surface area contributed by atoms with Gasteiger partial charge < -0.3 is 15.7 Å². The third kappa shape index (κ3) is 6.79. The van der Waals surface area contributed by atoms with Crippen LogP contribution in [0.1, 0.15) is 0 Å². The minimum atomic E-state index is -1.01. The topological polar surface area (TPSA) is 61.4 Å². The third-order valence-corrected chi connectivity index (χ3v) is 0.805. The molecule has 0 heterocycles. The standard InChI is InChI=1S/C6H10N2O2/c1-2-3-7-4-5-8-6(9)10/h1,7-8H,3-5H2,(H,9,10). The van der Waals surface area contributed by atoms with Gasteiger partial charge in [0.05, 0.1) is 6.54 Å². The zero-order valence-corrected chi connectivity index (χ0v) is 5.55. The van der Waals surface area contributed by atoms with Gasteiger partial charge in [0, 0.05) is 13.1 Å². The normalized spacial score (nSPS) is 8.30. The molecule has 0 saturated heterocycles. The van der Waals surface area contributed by atoms with Gasteiger partial charge >= 0.3 is 6.09 Å². The predicted molar refractivity (Wildman–Crippen MR) is 37.7 cm³/mol. The van der Waals surface area contributed by atoms with Crippen molar-refractivity contribution in [2.45, 2.75) is 0 Å². The van der Waals surface area contributed by atoms with Crippen molar-refractivity contribution < 1.29 is 9.90 Å². The van der Waals surface area contributed by atoms with E-state index in [-0.39, 0.29) is 0 Å². The molecule has 0 aromatic carbocycles. The fourth-order valence-electron chi connectivity index (χ4n) is 0.418. The minimum absolute atomic E-state index is 0.386. The summed E-state index contributed by atoms with van der Waals surface area (Å²) in [6.45, 7) is 1.43. The van der Waals surface area contributed by atoms with Crippen LogP contribution in [-0.2, 0) is 0 Å². The van der Waals surface area contributed by atoms with Crippen LogP contribution in [0.3, 0.4) is 0 Å². The summed E-state index contributed by atoms with van der Waals surface area (Å²) in [6, 6.07) is 0.